The zero-order valence-corrected chi connectivity index (χ0v) is 11.5. The smallest absolute Gasteiger partial charge is 0.0713 e. The number of pyridine rings is 1. The number of nitrogens with zero attached hydrogens (tertiary/aromatic N) is 1. The fraction of sp³-hybridized carbons (Fsp3) is 0. The molecule has 0 fully saturated rings. The SMILES string of the molecule is N/C=C(\NN)c1ccc(-c2cnc3ccccc3c2)cc1. The molecule has 0 saturated carbocycles. The fourth-order valence-electron chi connectivity index (χ4n) is 2.30. The van der Waals surface area contributed by atoms with Crippen molar-refractivity contribution in [1.82, 2.24) is 10.4 Å². The first-order valence-electron chi connectivity index (χ1n) is 6.66. The number of nitrogens with one attached hydrogen (secondary N) is 1. The standard InChI is InChI=1S/C17H16N4/c18-10-17(21-19)13-7-5-12(6-8-13)15-9-14-3-1-2-4-16(14)20-11-15/h1-11,21H,18-19H2/b17-10-. The van der Waals surface area contributed by atoms with Gasteiger partial charge in [-0.1, -0.05) is 42.5 Å². The van der Waals surface area contributed by atoms with Crippen LogP contribution in [0.4, 0.5) is 0 Å². The molecular weight excluding hydrogens is 260 g/mol. The van der Waals surface area contributed by atoms with E-state index in [1.165, 1.54) is 6.20 Å². The molecule has 21 heavy (non-hydrogen) atoms. The molecule has 1 heterocycles. The Morgan fingerprint density at radius 2 is 1.76 bits per heavy atom. The summed E-state index contributed by atoms with van der Waals surface area (Å²) < 4.78 is 0. The van der Waals surface area contributed by atoms with E-state index in [0.717, 1.165) is 27.6 Å². The predicted molar refractivity (Wildman–Crippen MR) is 86.7 cm³/mol. The van der Waals surface area contributed by atoms with Crippen molar-refractivity contribution in [2.24, 2.45) is 11.6 Å². The van der Waals surface area contributed by atoms with Crippen LogP contribution in [-0.4, -0.2) is 4.98 Å². The normalized spacial score (nSPS) is 11.6. The summed E-state index contributed by atoms with van der Waals surface area (Å²) in [5.41, 5.74) is 12.9. The van der Waals surface area contributed by atoms with Crippen molar-refractivity contribution in [3.63, 3.8) is 0 Å². The molecule has 0 aliphatic rings. The Balaban J connectivity index is 1.99. The highest BCUT2D eigenvalue weighted by Crippen LogP contribution is 2.24. The topological polar surface area (TPSA) is 77.0 Å². The van der Waals surface area contributed by atoms with Gasteiger partial charge in [-0.25, -0.2) is 0 Å². The Bertz CT molecular complexity index is 791. The zero-order valence-electron chi connectivity index (χ0n) is 11.5. The second kappa shape index (κ2) is 5.64. The number of hydrogen-bond acceptors (Lipinski definition) is 4. The van der Waals surface area contributed by atoms with Crippen LogP contribution in [0.15, 0.2) is 67.0 Å². The average molecular weight is 276 g/mol. The number of fused-ring (bicyclic) bond motifs is 1. The van der Waals surface area contributed by atoms with Gasteiger partial charge in [-0.2, -0.15) is 0 Å². The second-order valence-electron chi connectivity index (χ2n) is 4.72. The van der Waals surface area contributed by atoms with Crippen LogP contribution < -0.4 is 17.0 Å². The summed E-state index contributed by atoms with van der Waals surface area (Å²) in [5, 5.41) is 1.13. The highest BCUT2D eigenvalue weighted by molar-refractivity contribution is 5.83. The molecule has 0 spiro atoms. The molecule has 1 aromatic heterocycles. The number of aromatic nitrogens is 1. The van der Waals surface area contributed by atoms with Crippen LogP contribution in [0.2, 0.25) is 0 Å². The van der Waals surface area contributed by atoms with E-state index >= 15 is 0 Å². The molecule has 2 aromatic carbocycles. The molecule has 104 valence electrons. The van der Waals surface area contributed by atoms with Gasteiger partial charge in [0.1, 0.15) is 0 Å². The summed E-state index contributed by atoms with van der Waals surface area (Å²) in [4.78, 5) is 4.48. The van der Waals surface area contributed by atoms with Crippen LogP contribution >= 0.6 is 0 Å². The molecule has 4 nitrogen and oxygen atoms in total. The molecule has 0 amide bonds. The van der Waals surface area contributed by atoms with Gasteiger partial charge in [0, 0.05) is 28.9 Å². The van der Waals surface area contributed by atoms with Gasteiger partial charge in [0.15, 0.2) is 0 Å². The highest BCUT2D eigenvalue weighted by Gasteiger charge is 2.03. The van der Waals surface area contributed by atoms with Crippen LogP contribution in [0.1, 0.15) is 5.56 Å². The van der Waals surface area contributed by atoms with Gasteiger partial charge in [0.05, 0.1) is 11.2 Å². The van der Waals surface area contributed by atoms with Crippen LogP contribution in [0, 0.1) is 0 Å². The number of para-hydroxylation sites is 1. The Hall–Kier alpha value is -2.85. The summed E-state index contributed by atoms with van der Waals surface area (Å²) in [6, 6.07) is 18.2. The maximum absolute atomic E-state index is 5.51. The van der Waals surface area contributed by atoms with Gasteiger partial charge in [-0.15, -0.1) is 0 Å². The van der Waals surface area contributed by atoms with Crippen molar-refractivity contribution in [2.45, 2.75) is 0 Å². The summed E-state index contributed by atoms with van der Waals surface area (Å²) >= 11 is 0. The summed E-state index contributed by atoms with van der Waals surface area (Å²) in [5.74, 6) is 5.42. The van der Waals surface area contributed by atoms with Crippen LogP contribution in [-0.2, 0) is 0 Å². The van der Waals surface area contributed by atoms with Crippen LogP contribution in [0.3, 0.4) is 0 Å². The van der Waals surface area contributed by atoms with Gasteiger partial charge < -0.3 is 11.2 Å². The Morgan fingerprint density at radius 3 is 2.48 bits per heavy atom. The minimum absolute atomic E-state index is 0.693. The minimum atomic E-state index is 0.693. The number of hydrogen-bond donors (Lipinski definition) is 3. The van der Waals surface area contributed by atoms with E-state index in [-0.39, 0.29) is 0 Å². The molecule has 0 saturated heterocycles. The third kappa shape index (κ3) is 2.57. The van der Waals surface area contributed by atoms with E-state index in [1.54, 1.807) is 0 Å². The molecule has 0 radical (unpaired) electrons. The van der Waals surface area contributed by atoms with Crippen LogP contribution in [0.25, 0.3) is 27.7 Å². The molecule has 0 unspecified atom stereocenters. The second-order valence-corrected chi connectivity index (χ2v) is 4.72. The molecule has 0 aliphatic heterocycles. The van der Waals surface area contributed by atoms with Crippen molar-refractivity contribution < 1.29 is 0 Å². The lowest BCUT2D eigenvalue weighted by Gasteiger charge is -2.08. The predicted octanol–water partition coefficient (Wildman–Crippen LogP) is 2.62. The third-order valence-electron chi connectivity index (χ3n) is 3.44. The molecule has 4 heteroatoms. The molecule has 0 bridgehead atoms. The van der Waals surface area contributed by atoms with E-state index < -0.39 is 0 Å². The summed E-state index contributed by atoms with van der Waals surface area (Å²) in [7, 11) is 0. The maximum Gasteiger partial charge on any atom is 0.0713 e. The lowest BCUT2D eigenvalue weighted by atomic mass is 10.0. The lowest BCUT2D eigenvalue weighted by Crippen LogP contribution is -2.20. The Kier molecular flexibility index (Phi) is 3.53. The maximum atomic E-state index is 5.51. The number of hydrazine groups is 1. The molecule has 3 aromatic rings. The first kappa shape index (κ1) is 13.1. The van der Waals surface area contributed by atoms with Gasteiger partial charge in [0.25, 0.3) is 0 Å². The quantitative estimate of drug-likeness (QED) is 0.507. The number of rotatable bonds is 3. The Morgan fingerprint density at radius 1 is 1.00 bits per heavy atom. The zero-order chi connectivity index (χ0) is 14.7. The van der Waals surface area contributed by atoms with E-state index in [9.17, 15) is 0 Å². The third-order valence-corrected chi connectivity index (χ3v) is 3.44. The number of nitrogens with two attached hydrogens (primary N) is 2. The molecule has 0 atom stereocenters. The fourth-order valence-corrected chi connectivity index (χ4v) is 2.30. The highest BCUT2D eigenvalue weighted by atomic mass is 15.2. The van der Waals surface area contributed by atoms with E-state index in [0.29, 0.717) is 5.70 Å². The minimum Gasteiger partial charge on any atom is -0.403 e. The van der Waals surface area contributed by atoms with Crippen molar-refractivity contribution in [1.29, 1.82) is 0 Å². The first-order valence-corrected chi connectivity index (χ1v) is 6.66. The molecular formula is C17H16N4. The number of benzene rings is 2. The van der Waals surface area contributed by atoms with Gasteiger partial charge in [0.2, 0.25) is 0 Å². The van der Waals surface area contributed by atoms with Crippen molar-refractivity contribution >= 4 is 16.6 Å². The van der Waals surface area contributed by atoms with E-state index in [2.05, 4.69) is 22.5 Å². The van der Waals surface area contributed by atoms with E-state index in [4.69, 9.17) is 11.6 Å². The van der Waals surface area contributed by atoms with E-state index in [1.807, 2.05) is 48.7 Å². The average Bonchev–Trinajstić information content (AvgIpc) is 2.56. The van der Waals surface area contributed by atoms with Gasteiger partial charge in [-0.05, 0) is 17.7 Å². The molecule has 3 rings (SSSR count). The summed E-state index contributed by atoms with van der Waals surface area (Å²) in [6.07, 6.45) is 3.34. The molecule has 0 aliphatic carbocycles. The van der Waals surface area contributed by atoms with Crippen molar-refractivity contribution in [3.8, 4) is 11.1 Å². The molecule has 5 N–H and O–H groups in total. The monoisotopic (exact) mass is 276 g/mol. The lowest BCUT2D eigenvalue weighted by molar-refractivity contribution is 0.988. The summed E-state index contributed by atoms with van der Waals surface area (Å²) in [6.45, 7) is 0. The Labute approximate surface area is 123 Å². The van der Waals surface area contributed by atoms with Gasteiger partial charge in [-0.3, -0.25) is 10.8 Å². The van der Waals surface area contributed by atoms with Crippen LogP contribution in [0.5, 0.6) is 0 Å². The van der Waals surface area contributed by atoms with Crippen molar-refractivity contribution in [3.05, 3.63) is 72.6 Å². The largest absolute Gasteiger partial charge is 0.403 e. The first-order chi connectivity index (χ1) is 10.3. The van der Waals surface area contributed by atoms with Crippen molar-refractivity contribution in [2.75, 3.05) is 0 Å². The van der Waals surface area contributed by atoms with Gasteiger partial charge >= 0.3 is 0 Å².